The molecular weight excluding hydrogens is 230 g/mol. The van der Waals surface area contributed by atoms with Gasteiger partial charge in [0.05, 0.1) is 6.54 Å². The topological polar surface area (TPSA) is 153 Å². The van der Waals surface area contributed by atoms with Crippen LogP contribution < -0.4 is 11.5 Å². The lowest BCUT2D eigenvalue weighted by molar-refractivity contribution is -0.145. The molecule has 1 aliphatic rings. The van der Waals surface area contributed by atoms with E-state index in [-0.39, 0.29) is 4.31 Å². The predicted molar refractivity (Wildman–Crippen MR) is 45.7 cm³/mol. The number of rotatable bonds is 3. The SMILES string of the molecule is NC(=O)OCC1(N)CN(S(=O)(=O)O)C1=O. The highest BCUT2D eigenvalue weighted by molar-refractivity contribution is 7.84. The van der Waals surface area contributed by atoms with Gasteiger partial charge in [-0.1, -0.05) is 0 Å². The minimum absolute atomic E-state index is 0.164. The maximum atomic E-state index is 11.2. The molecule has 0 bridgehead atoms. The number of hydrogen-bond donors (Lipinski definition) is 3. The van der Waals surface area contributed by atoms with Crippen molar-refractivity contribution in [2.45, 2.75) is 5.54 Å². The fraction of sp³-hybridized carbons (Fsp3) is 0.600. The molecule has 2 amide bonds. The van der Waals surface area contributed by atoms with Gasteiger partial charge in [0, 0.05) is 0 Å². The summed E-state index contributed by atoms with van der Waals surface area (Å²) in [5.41, 5.74) is 8.38. The lowest BCUT2D eigenvalue weighted by Crippen LogP contribution is -2.74. The van der Waals surface area contributed by atoms with Crippen LogP contribution in [0.5, 0.6) is 0 Å². The third-order valence-electron chi connectivity index (χ3n) is 1.83. The van der Waals surface area contributed by atoms with Crippen molar-refractivity contribution in [1.82, 2.24) is 4.31 Å². The van der Waals surface area contributed by atoms with Crippen LogP contribution in [-0.4, -0.2) is 48.0 Å². The summed E-state index contributed by atoms with van der Waals surface area (Å²) in [6, 6.07) is 0. The summed E-state index contributed by atoms with van der Waals surface area (Å²) < 4.78 is 34.0. The molecule has 9 nitrogen and oxygen atoms in total. The highest BCUT2D eigenvalue weighted by Crippen LogP contribution is 2.23. The smallest absolute Gasteiger partial charge is 0.404 e. The summed E-state index contributed by atoms with van der Waals surface area (Å²) in [5.74, 6) is -1.05. The molecule has 1 unspecified atom stereocenters. The van der Waals surface area contributed by atoms with E-state index in [0.717, 1.165) is 0 Å². The zero-order valence-electron chi connectivity index (χ0n) is 7.41. The molecule has 0 aromatic carbocycles. The molecule has 0 aromatic heterocycles. The van der Waals surface area contributed by atoms with E-state index in [9.17, 15) is 18.0 Å². The molecule has 0 radical (unpaired) electrons. The number of nitrogens with zero attached hydrogens (tertiary/aromatic N) is 1. The largest absolute Gasteiger partial charge is 0.447 e. The van der Waals surface area contributed by atoms with Gasteiger partial charge in [0.25, 0.3) is 5.91 Å². The highest BCUT2D eigenvalue weighted by atomic mass is 32.2. The van der Waals surface area contributed by atoms with Crippen molar-refractivity contribution in [2.75, 3.05) is 13.2 Å². The highest BCUT2D eigenvalue weighted by Gasteiger charge is 2.55. The number of primary amides is 1. The van der Waals surface area contributed by atoms with Crippen LogP contribution in [0.15, 0.2) is 0 Å². The molecule has 1 aliphatic heterocycles. The molecule has 86 valence electrons. The van der Waals surface area contributed by atoms with Gasteiger partial charge in [-0.25, -0.2) is 9.10 Å². The zero-order chi connectivity index (χ0) is 11.9. The van der Waals surface area contributed by atoms with Crippen molar-refractivity contribution in [3.8, 4) is 0 Å². The molecule has 10 heteroatoms. The van der Waals surface area contributed by atoms with E-state index >= 15 is 0 Å². The van der Waals surface area contributed by atoms with Crippen molar-refractivity contribution in [3.05, 3.63) is 0 Å². The van der Waals surface area contributed by atoms with Crippen LogP contribution in [0.1, 0.15) is 0 Å². The van der Waals surface area contributed by atoms with Crippen molar-refractivity contribution < 1.29 is 27.3 Å². The Labute approximate surface area is 84.8 Å². The summed E-state index contributed by atoms with van der Waals surface area (Å²) in [6.45, 7) is -0.995. The van der Waals surface area contributed by atoms with Crippen molar-refractivity contribution in [2.24, 2.45) is 11.5 Å². The van der Waals surface area contributed by atoms with Crippen LogP contribution >= 0.6 is 0 Å². The van der Waals surface area contributed by atoms with Crippen LogP contribution in [0.4, 0.5) is 4.79 Å². The molecule has 1 saturated heterocycles. The number of carbonyl (C=O) groups excluding carboxylic acids is 2. The quantitative estimate of drug-likeness (QED) is 0.361. The molecule has 0 saturated carbocycles. The Morgan fingerprint density at radius 3 is 2.53 bits per heavy atom. The second-order valence-electron chi connectivity index (χ2n) is 3.05. The van der Waals surface area contributed by atoms with Crippen LogP contribution in [0.2, 0.25) is 0 Å². The van der Waals surface area contributed by atoms with Gasteiger partial charge < -0.3 is 16.2 Å². The first-order valence-electron chi connectivity index (χ1n) is 3.67. The Bertz CT molecular complexity index is 405. The average Bonchev–Trinajstić information content (AvgIpc) is 2.08. The molecule has 1 fully saturated rings. The van der Waals surface area contributed by atoms with Crippen molar-refractivity contribution >= 4 is 22.3 Å². The predicted octanol–water partition coefficient (Wildman–Crippen LogP) is -2.58. The molecule has 0 spiro atoms. The molecule has 1 heterocycles. The molecule has 0 aromatic rings. The minimum atomic E-state index is -4.59. The summed E-state index contributed by atoms with van der Waals surface area (Å²) in [5, 5.41) is 0. The number of amides is 2. The molecule has 0 aliphatic carbocycles. The molecule has 1 atom stereocenters. The van der Waals surface area contributed by atoms with Gasteiger partial charge in [-0.15, -0.1) is 0 Å². The number of ether oxygens (including phenoxy) is 1. The maximum absolute atomic E-state index is 11.2. The van der Waals surface area contributed by atoms with Gasteiger partial charge in [0.15, 0.2) is 5.54 Å². The summed E-state index contributed by atoms with van der Waals surface area (Å²) >= 11 is 0. The number of hydrogen-bond acceptors (Lipinski definition) is 6. The normalized spacial score (nSPS) is 26.0. The molecular formula is C5H9N3O6S. The second-order valence-corrected chi connectivity index (χ2v) is 4.39. The van der Waals surface area contributed by atoms with E-state index in [0.29, 0.717) is 0 Å². The first-order chi connectivity index (χ1) is 6.67. The van der Waals surface area contributed by atoms with E-state index < -0.39 is 41.0 Å². The van der Waals surface area contributed by atoms with Gasteiger partial charge in [0.2, 0.25) is 0 Å². The third-order valence-corrected chi connectivity index (χ3v) is 2.68. The summed E-state index contributed by atoms with van der Waals surface area (Å²) in [4.78, 5) is 21.4. The van der Waals surface area contributed by atoms with Gasteiger partial charge >= 0.3 is 16.4 Å². The second kappa shape index (κ2) is 3.32. The van der Waals surface area contributed by atoms with Crippen LogP contribution in [0, 0.1) is 0 Å². The number of β-lactam (4-membered cyclic amide) rings is 1. The standard InChI is InChI=1S/C5H9N3O6S/c6-4(10)14-2-5(7)1-8(3(5)9)15(11,12)13/h1-2,7H2,(H2,6,10)(H,11,12,13). The summed E-state index contributed by atoms with van der Waals surface area (Å²) in [7, 11) is -4.59. The van der Waals surface area contributed by atoms with E-state index in [1.54, 1.807) is 0 Å². The van der Waals surface area contributed by atoms with E-state index in [4.69, 9.17) is 10.3 Å². The number of nitrogens with two attached hydrogens (primary N) is 2. The van der Waals surface area contributed by atoms with Crippen molar-refractivity contribution in [3.63, 3.8) is 0 Å². The maximum Gasteiger partial charge on any atom is 0.404 e. The number of carbonyl (C=O) groups is 2. The molecule has 5 N–H and O–H groups in total. The Morgan fingerprint density at radius 1 is 1.67 bits per heavy atom. The average molecular weight is 239 g/mol. The van der Waals surface area contributed by atoms with Gasteiger partial charge in [-0.05, 0) is 0 Å². The lowest BCUT2D eigenvalue weighted by atomic mass is 9.94. The zero-order valence-corrected chi connectivity index (χ0v) is 8.23. The van der Waals surface area contributed by atoms with Gasteiger partial charge in [-0.3, -0.25) is 9.35 Å². The Balaban J connectivity index is 2.64. The van der Waals surface area contributed by atoms with E-state index in [1.807, 2.05) is 0 Å². The Morgan fingerprint density at radius 2 is 2.20 bits per heavy atom. The molecule has 1 rings (SSSR count). The minimum Gasteiger partial charge on any atom is -0.447 e. The first-order valence-corrected chi connectivity index (χ1v) is 5.07. The third kappa shape index (κ3) is 2.16. The lowest BCUT2D eigenvalue weighted by Gasteiger charge is -2.42. The van der Waals surface area contributed by atoms with Crippen LogP contribution in [0.3, 0.4) is 0 Å². The monoisotopic (exact) mass is 239 g/mol. The van der Waals surface area contributed by atoms with E-state index in [1.165, 1.54) is 0 Å². The summed E-state index contributed by atoms with van der Waals surface area (Å²) in [6.07, 6.45) is -1.13. The fourth-order valence-electron chi connectivity index (χ4n) is 1.05. The van der Waals surface area contributed by atoms with Crippen molar-refractivity contribution in [1.29, 1.82) is 0 Å². The Hall–Kier alpha value is -1.39. The van der Waals surface area contributed by atoms with Gasteiger partial charge in [-0.2, -0.15) is 8.42 Å². The van der Waals surface area contributed by atoms with Crippen LogP contribution in [-0.2, 0) is 19.8 Å². The Kier molecular flexibility index (Phi) is 2.59. The fourth-order valence-corrected chi connectivity index (χ4v) is 1.83. The first kappa shape index (κ1) is 11.7. The van der Waals surface area contributed by atoms with E-state index in [2.05, 4.69) is 10.5 Å². The van der Waals surface area contributed by atoms with Crippen LogP contribution in [0.25, 0.3) is 0 Å². The molecule has 15 heavy (non-hydrogen) atoms. The van der Waals surface area contributed by atoms with Gasteiger partial charge in [0.1, 0.15) is 6.61 Å².